The van der Waals surface area contributed by atoms with Crippen LogP contribution in [-0.2, 0) is 11.3 Å². The largest absolute Gasteiger partial charge is 0.493 e. The second-order valence-corrected chi connectivity index (χ2v) is 6.99. The number of nitrogens with zero attached hydrogens (tertiary/aromatic N) is 2. The van der Waals surface area contributed by atoms with E-state index < -0.39 is 0 Å². The number of hydrogen-bond acceptors (Lipinski definition) is 4. The molecule has 0 aliphatic heterocycles. The van der Waals surface area contributed by atoms with Crippen LogP contribution in [0.3, 0.4) is 0 Å². The number of methoxy groups -OCH3 is 1. The first kappa shape index (κ1) is 18.3. The Labute approximate surface area is 157 Å². The summed E-state index contributed by atoms with van der Waals surface area (Å²) in [7, 11) is 1.37. The van der Waals surface area contributed by atoms with Gasteiger partial charge in [0, 0.05) is 22.2 Å². The summed E-state index contributed by atoms with van der Waals surface area (Å²) in [6, 6.07) is 10.9. The van der Waals surface area contributed by atoms with Crippen molar-refractivity contribution < 1.29 is 14.3 Å². The number of carbonyl (C=O) groups is 1. The van der Waals surface area contributed by atoms with Crippen molar-refractivity contribution in [1.82, 2.24) is 9.78 Å². The summed E-state index contributed by atoms with van der Waals surface area (Å²) in [5, 5.41) is 6.10. The van der Waals surface area contributed by atoms with Crippen molar-refractivity contribution >= 4 is 28.5 Å². The zero-order valence-electron chi connectivity index (χ0n) is 15.0. The van der Waals surface area contributed by atoms with E-state index in [1.807, 2.05) is 35.1 Å². The minimum absolute atomic E-state index is 0.362. The molecular formula is C20H21ClN2O3. The van der Waals surface area contributed by atoms with E-state index in [-0.39, 0.29) is 5.97 Å². The lowest BCUT2D eigenvalue weighted by atomic mass is 10.1. The number of aromatic nitrogens is 2. The number of rotatable bonds is 6. The molecule has 0 N–H and O–H groups in total. The van der Waals surface area contributed by atoms with Gasteiger partial charge in [0.15, 0.2) is 0 Å². The SMILES string of the molecule is COC(=O)c1ccc2nn(Cc3cc(Cl)ccc3OCC(C)C)cc2c1. The Morgan fingerprint density at radius 3 is 2.77 bits per heavy atom. The van der Waals surface area contributed by atoms with Crippen LogP contribution >= 0.6 is 11.6 Å². The zero-order valence-corrected chi connectivity index (χ0v) is 15.8. The van der Waals surface area contributed by atoms with Crippen LogP contribution in [0.15, 0.2) is 42.6 Å². The Hall–Kier alpha value is -2.53. The summed E-state index contributed by atoms with van der Waals surface area (Å²) in [6.45, 7) is 5.37. The fraction of sp³-hybridized carbons (Fsp3) is 0.300. The highest BCUT2D eigenvalue weighted by Crippen LogP contribution is 2.25. The fourth-order valence-corrected chi connectivity index (χ4v) is 2.84. The van der Waals surface area contributed by atoms with E-state index in [2.05, 4.69) is 18.9 Å². The molecule has 1 aromatic heterocycles. The molecule has 0 saturated carbocycles. The topological polar surface area (TPSA) is 53.3 Å². The molecule has 0 radical (unpaired) electrons. The van der Waals surface area contributed by atoms with Gasteiger partial charge in [-0.2, -0.15) is 5.10 Å². The van der Waals surface area contributed by atoms with E-state index in [9.17, 15) is 4.79 Å². The number of halogens is 1. The van der Waals surface area contributed by atoms with E-state index in [1.54, 1.807) is 12.1 Å². The van der Waals surface area contributed by atoms with E-state index in [0.717, 1.165) is 22.2 Å². The molecule has 1 heterocycles. The van der Waals surface area contributed by atoms with Crippen molar-refractivity contribution in [2.24, 2.45) is 5.92 Å². The van der Waals surface area contributed by atoms with Gasteiger partial charge in [0.05, 0.1) is 31.3 Å². The minimum atomic E-state index is -0.362. The maximum Gasteiger partial charge on any atom is 0.337 e. The van der Waals surface area contributed by atoms with E-state index in [4.69, 9.17) is 21.1 Å². The molecule has 0 spiro atoms. The monoisotopic (exact) mass is 372 g/mol. The molecule has 0 unspecified atom stereocenters. The standard InChI is InChI=1S/C20H21ClN2O3/c1-13(2)12-26-19-7-5-17(21)9-16(19)11-23-10-15-8-14(20(24)25-3)4-6-18(15)22-23/h4-10,13H,11-12H2,1-3H3. The molecule has 3 rings (SSSR count). The first-order chi connectivity index (χ1) is 12.5. The molecule has 6 heteroatoms. The predicted octanol–water partition coefficient (Wildman–Crippen LogP) is 4.56. The molecule has 0 fully saturated rings. The van der Waals surface area contributed by atoms with Gasteiger partial charge < -0.3 is 9.47 Å². The number of esters is 1. The maximum atomic E-state index is 11.7. The second-order valence-electron chi connectivity index (χ2n) is 6.55. The second kappa shape index (κ2) is 7.79. The minimum Gasteiger partial charge on any atom is -0.493 e. The van der Waals surface area contributed by atoms with Crippen LogP contribution < -0.4 is 4.74 Å². The Balaban J connectivity index is 1.88. The van der Waals surface area contributed by atoms with E-state index in [1.165, 1.54) is 7.11 Å². The van der Waals surface area contributed by atoms with Crippen molar-refractivity contribution in [2.75, 3.05) is 13.7 Å². The molecule has 0 bridgehead atoms. The molecule has 0 aliphatic carbocycles. The van der Waals surface area contributed by atoms with Gasteiger partial charge in [-0.05, 0) is 42.3 Å². The van der Waals surface area contributed by atoms with E-state index >= 15 is 0 Å². The van der Waals surface area contributed by atoms with E-state index in [0.29, 0.717) is 29.7 Å². The first-order valence-electron chi connectivity index (χ1n) is 8.43. The van der Waals surface area contributed by atoms with Crippen LogP contribution in [0.5, 0.6) is 5.75 Å². The van der Waals surface area contributed by atoms with Gasteiger partial charge in [-0.15, -0.1) is 0 Å². The smallest absolute Gasteiger partial charge is 0.337 e. The molecule has 136 valence electrons. The van der Waals surface area contributed by atoms with Gasteiger partial charge >= 0.3 is 5.97 Å². The number of benzene rings is 2. The summed E-state index contributed by atoms with van der Waals surface area (Å²) < 4.78 is 12.5. The number of carbonyl (C=O) groups excluding carboxylic acids is 1. The fourth-order valence-electron chi connectivity index (χ4n) is 2.65. The summed E-state index contributed by atoms with van der Waals surface area (Å²) >= 11 is 6.16. The number of fused-ring (bicyclic) bond motifs is 1. The molecule has 0 saturated heterocycles. The Bertz CT molecular complexity index is 934. The third-order valence-electron chi connectivity index (χ3n) is 3.90. The van der Waals surface area contributed by atoms with Crippen LogP contribution in [0.2, 0.25) is 5.02 Å². The van der Waals surface area contributed by atoms with Gasteiger partial charge in [-0.1, -0.05) is 25.4 Å². The molecule has 2 aromatic carbocycles. The summed E-state index contributed by atoms with van der Waals surface area (Å²) in [6.07, 6.45) is 1.90. The normalized spacial score (nSPS) is 11.1. The van der Waals surface area contributed by atoms with Gasteiger partial charge in [0.1, 0.15) is 5.75 Å². The summed E-state index contributed by atoms with van der Waals surface area (Å²) in [5.74, 6) is 0.874. The van der Waals surface area contributed by atoms with Crippen LogP contribution in [0.4, 0.5) is 0 Å². The first-order valence-corrected chi connectivity index (χ1v) is 8.81. The maximum absolute atomic E-state index is 11.7. The van der Waals surface area contributed by atoms with Crippen LogP contribution in [0.1, 0.15) is 29.8 Å². The Kier molecular flexibility index (Phi) is 5.47. The third kappa shape index (κ3) is 4.17. The lowest BCUT2D eigenvalue weighted by molar-refractivity contribution is 0.0601. The number of hydrogen-bond donors (Lipinski definition) is 0. The van der Waals surface area contributed by atoms with Gasteiger partial charge in [0.2, 0.25) is 0 Å². The molecule has 5 nitrogen and oxygen atoms in total. The Morgan fingerprint density at radius 1 is 1.23 bits per heavy atom. The summed E-state index contributed by atoms with van der Waals surface area (Å²) in [5.41, 5.74) is 2.27. The highest BCUT2D eigenvalue weighted by molar-refractivity contribution is 6.30. The molecule has 0 amide bonds. The molecule has 0 atom stereocenters. The lowest BCUT2D eigenvalue weighted by Gasteiger charge is -2.13. The molecular weight excluding hydrogens is 352 g/mol. The lowest BCUT2D eigenvalue weighted by Crippen LogP contribution is -2.08. The molecule has 3 aromatic rings. The zero-order chi connectivity index (χ0) is 18.7. The van der Waals surface area contributed by atoms with Crippen LogP contribution in [-0.4, -0.2) is 29.5 Å². The van der Waals surface area contributed by atoms with Crippen LogP contribution in [0.25, 0.3) is 10.9 Å². The average molecular weight is 373 g/mol. The van der Waals surface area contributed by atoms with Gasteiger partial charge in [0.25, 0.3) is 0 Å². The number of ether oxygens (including phenoxy) is 2. The third-order valence-corrected chi connectivity index (χ3v) is 4.14. The van der Waals surface area contributed by atoms with Gasteiger partial charge in [-0.25, -0.2) is 4.79 Å². The van der Waals surface area contributed by atoms with Crippen molar-refractivity contribution in [3.05, 3.63) is 58.7 Å². The van der Waals surface area contributed by atoms with Crippen LogP contribution in [0, 0.1) is 5.92 Å². The van der Waals surface area contributed by atoms with Crippen molar-refractivity contribution in [3.63, 3.8) is 0 Å². The van der Waals surface area contributed by atoms with Crippen molar-refractivity contribution in [1.29, 1.82) is 0 Å². The molecule has 0 aliphatic rings. The molecule has 26 heavy (non-hydrogen) atoms. The van der Waals surface area contributed by atoms with Crippen molar-refractivity contribution in [3.8, 4) is 5.75 Å². The quantitative estimate of drug-likeness (QED) is 0.595. The average Bonchev–Trinajstić information content (AvgIpc) is 3.01. The predicted molar refractivity (Wildman–Crippen MR) is 102 cm³/mol. The highest BCUT2D eigenvalue weighted by atomic mass is 35.5. The summed E-state index contributed by atoms with van der Waals surface area (Å²) in [4.78, 5) is 11.7. The van der Waals surface area contributed by atoms with Crippen molar-refractivity contribution in [2.45, 2.75) is 20.4 Å². The highest BCUT2D eigenvalue weighted by Gasteiger charge is 2.11. The Morgan fingerprint density at radius 2 is 2.04 bits per heavy atom. The van der Waals surface area contributed by atoms with Gasteiger partial charge in [-0.3, -0.25) is 4.68 Å².